The van der Waals surface area contributed by atoms with Crippen LogP contribution in [0.4, 0.5) is 0 Å². The summed E-state index contributed by atoms with van der Waals surface area (Å²) in [6, 6.07) is 14.9. The van der Waals surface area contributed by atoms with Crippen molar-refractivity contribution in [3.63, 3.8) is 0 Å². The van der Waals surface area contributed by atoms with Crippen molar-refractivity contribution in [1.29, 1.82) is 0 Å². The third kappa shape index (κ3) is 4.73. The van der Waals surface area contributed by atoms with Crippen molar-refractivity contribution in [3.8, 4) is 5.69 Å². The van der Waals surface area contributed by atoms with Gasteiger partial charge < -0.3 is 4.74 Å². The van der Waals surface area contributed by atoms with Crippen LogP contribution in [0.25, 0.3) is 5.69 Å². The predicted octanol–water partition coefficient (Wildman–Crippen LogP) is 2.69. The van der Waals surface area contributed by atoms with Gasteiger partial charge in [0.25, 0.3) is 0 Å². The van der Waals surface area contributed by atoms with E-state index in [0.717, 1.165) is 11.3 Å². The molecule has 7 nitrogen and oxygen atoms in total. The number of hydrogen-bond acceptors (Lipinski definition) is 5. The zero-order chi connectivity index (χ0) is 20.0. The molecule has 1 N–H and O–H groups in total. The smallest absolute Gasteiger partial charge is 0.338 e. The van der Waals surface area contributed by atoms with E-state index in [1.807, 2.05) is 36.5 Å². The molecule has 0 radical (unpaired) electrons. The highest BCUT2D eigenvalue weighted by Crippen LogP contribution is 2.13. The van der Waals surface area contributed by atoms with Gasteiger partial charge in [-0.3, -0.25) is 0 Å². The molecule has 0 fully saturated rings. The van der Waals surface area contributed by atoms with Crippen molar-refractivity contribution in [2.24, 2.45) is 0 Å². The van der Waals surface area contributed by atoms with Crippen LogP contribution in [0, 0.1) is 0 Å². The average Bonchev–Trinajstić information content (AvgIpc) is 3.26. The molecule has 0 bridgehead atoms. The van der Waals surface area contributed by atoms with Crippen LogP contribution in [0.2, 0.25) is 0 Å². The van der Waals surface area contributed by atoms with Gasteiger partial charge in [-0.2, -0.15) is 5.10 Å². The summed E-state index contributed by atoms with van der Waals surface area (Å²) < 4.78 is 33.4. The minimum Gasteiger partial charge on any atom is -0.457 e. The second-order valence-corrected chi connectivity index (χ2v) is 7.63. The Bertz CT molecular complexity index is 1040. The van der Waals surface area contributed by atoms with Crippen LogP contribution < -0.4 is 4.72 Å². The molecule has 0 amide bonds. The first-order valence-electron chi connectivity index (χ1n) is 8.46. The molecule has 0 saturated heterocycles. The van der Waals surface area contributed by atoms with Gasteiger partial charge in [-0.05, 0) is 48.0 Å². The number of carbonyl (C=O) groups excluding carboxylic acids is 1. The van der Waals surface area contributed by atoms with Gasteiger partial charge in [0.15, 0.2) is 0 Å². The van der Waals surface area contributed by atoms with Crippen molar-refractivity contribution in [2.45, 2.75) is 11.5 Å². The number of esters is 1. The summed E-state index contributed by atoms with van der Waals surface area (Å²) in [7, 11) is -3.62. The number of hydrogen-bond donors (Lipinski definition) is 1. The Morgan fingerprint density at radius 2 is 1.86 bits per heavy atom. The van der Waals surface area contributed by atoms with Gasteiger partial charge in [-0.1, -0.05) is 18.2 Å². The molecule has 1 heterocycles. The van der Waals surface area contributed by atoms with E-state index in [1.54, 1.807) is 10.9 Å². The molecule has 0 aliphatic carbocycles. The quantitative estimate of drug-likeness (QED) is 0.466. The number of benzene rings is 2. The first kappa shape index (κ1) is 19.5. The van der Waals surface area contributed by atoms with E-state index in [0.29, 0.717) is 0 Å². The van der Waals surface area contributed by atoms with E-state index < -0.39 is 16.0 Å². The number of rotatable bonds is 8. The second kappa shape index (κ2) is 8.64. The van der Waals surface area contributed by atoms with E-state index in [-0.39, 0.29) is 23.6 Å². The van der Waals surface area contributed by atoms with Gasteiger partial charge in [0.05, 0.1) is 16.1 Å². The Morgan fingerprint density at radius 1 is 1.14 bits per heavy atom. The van der Waals surface area contributed by atoms with Crippen LogP contribution in [0.3, 0.4) is 0 Å². The molecule has 0 spiro atoms. The number of nitrogens with zero attached hydrogens (tertiary/aromatic N) is 2. The molecule has 0 unspecified atom stereocenters. The van der Waals surface area contributed by atoms with Crippen LogP contribution in [0.15, 0.2) is 84.5 Å². The van der Waals surface area contributed by atoms with E-state index in [2.05, 4.69) is 16.4 Å². The van der Waals surface area contributed by atoms with Gasteiger partial charge in [0, 0.05) is 18.9 Å². The lowest BCUT2D eigenvalue weighted by molar-refractivity contribution is 0.0472. The number of nitrogens with one attached hydrogen (secondary N) is 1. The van der Waals surface area contributed by atoms with Crippen LogP contribution in [-0.2, 0) is 21.4 Å². The van der Waals surface area contributed by atoms with Gasteiger partial charge >= 0.3 is 5.97 Å². The Labute approximate surface area is 163 Å². The number of ether oxygens (including phenoxy) is 1. The zero-order valence-corrected chi connectivity index (χ0v) is 15.8. The molecule has 0 aliphatic rings. The molecular weight excluding hydrogens is 378 g/mol. The summed E-state index contributed by atoms with van der Waals surface area (Å²) in [5.41, 5.74) is 2.01. The SMILES string of the molecule is C=CCNS(=O)(=O)c1ccc(C(=O)OCc2ccc(-n3cccn3)cc2)cc1. The minimum atomic E-state index is -3.62. The summed E-state index contributed by atoms with van der Waals surface area (Å²) in [5.74, 6) is -0.529. The summed E-state index contributed by atoms with van der Waals surface area (Å²) in [6.45, 7) is 3.71. The molecule has 0 atom stereocenters. The molecule has 8 heteroatoms. The average molecular weight is 397 g/mol. The first-order valence-corrected chi connectivity index (χ1v) is 9.94. The molecule has 2 aromatic carbocycles. The van der Waals surface area contributed by atoms with Crippen LogP contribution >= 0.6 is 0 Å². The Hall–Kier alpha value is -3.23. The van der Waals surface area contributed by atoms with E-state index >= 15 is 0 Å². The van der Waals surface area contributed by atoms with Gasteiger partial charge in [-0.15, -0.1) is 6.58 Å². The largest absolute Gasteiger partial charge is 0.457 e. The monoisotopic (exact) mass is 397 g/mol. The van der Waals surface area contributed by atoms with Gasteiger partial charge in [0.2, 0.25) is 10.0 Å². The maximum atomic E-state index is 12.2. The standard InChI is InChI=1S/C20H19N3O4S/c1-2-12-22-28(25,26)19-10-6-17(7-11-19)20(24)27-15-16-4-8-18(9-5-16)23-14-3-13-21-23/h2-11,13-14,22H,1,12,15H2. The van der Waals surface area contributed by atoms with E-state index in [4.69, 9.17) is 4.74 Å². The Balaban J connectivity index is 1.59. The predicted molar refractivity (Wildman–Crippen MR) is 105 cm³/mol. The van der Waals surface area contributed by atoms with Crippen molar-refractivity contribution in [3.05, 3.63) is 90.8 Å². The summed E-state index contributed by atoms with van der Waals surface area (Å²) in [6.07, 6.45) is 4.98. The molecular formula is C20H19N3O4S. The fourth-order valence-electron chi connectivity index (χ4n) is 2.42. The number of carbonyl (C=O) groups is 1. The lowest BCUT2D eigenvalue weighted by Gasteiger charge is -2.08. The van der Waals surface area contributed by atoms with Gasteiger partial charge in [0.1, 0.15) is 6.61 Å². The molecule has 28 heavy (non-hydrogen) atoms. The maximum absolute atomic E-state index is 12.2. The van der Waals surface area contributed by atoms with E-state index in [9.17, 15) is 13.2 Å². The number of sulfonamides is 1. The molecule has 1 aromatic heterocycles. The van der Waals surface area contributed by atoms with E-state index in [1.165, 1.54) is 30.3 Å². The molecule has 144 valence electrons. The normalized spacial score (nSPS) is 11.1. The topological polar surface area (TPSA) is 90.3 Å². The summed E-state index contributed by atoms with van der Waals surface area (Å²) >= 11 is 0. The fraction of sp³-hybridized carbons (Fsp3) is 0.100. The molecule has 0 saturated carbocycles. The lowest BCUT2D eigenvalue weighted by atomic mass is 10.2. The van der Waals surface area contributed by atoms with Crippen molar-refractivity contribution in [2.75, 3.05) is 6.54 Å². The minimum absolute atomic E-state index is 0.0695. The zero-order valence-electron chi connectivity index (χ0n) is 15.0. The van der Waals surface area contributed by atoms with Crippen LogP contribution in [0.5, 0.6) is 0 Å². The Kier molecular flexibility index (Phi) is 6.03. The Morgan fingerprint density at radius 3 is 2.46 bits per heavy atom. The van der Waals surface area contributed by atoms with Gasteiger partial charge in [-0.25, -0.2) is 22.6 Å². The fourth-order valence-corrected chi connectivity index (χ4v) is 3.42. The summed E-state index contributed by atoms with van der Waals surface area (Å²) in [5, 5.41) is 4.15. The summed E-state index contributed by atoms with van der Waals surface area (Å²) in [4.78, 5) is 12.3. The maximum Gasteiger partial charge on any atom is 0.338 e. The van der Waals surface area contributed by atoms with Crippen molar-refractivity contribution >= 4 is 16.0 Å². The molecule has 3 rings (SSSR count). The highest BCUT2D eigenvalue weighted by Gasteiger charge is 2.14. The first-order chi connectivity index (χ1) is 13.5. The molecule has 3 aromatic rings. The highest BCUT2D eigenvalue weighted by molar-refractivity contribution is 7.89. The molecule has 0 aliphatic heterocycles. The third-order valence-electron chi connectivity index (χ3n) is 3.89. The number of aromatic nitrogens is 2. The van der Waals surface area contributed by atoms with Crippen LogP contribution in [-0.4, -0.2) is 30.7 Å². The second-order valence-electron chi connectivity index (χ2n) is 5.86. The van der Waals surface area contributed by atoms with Crippen LogP contribution in [0.1, 0.15) is 15.9 Å². The van der Waals surface area contributed by atoms with Crippen molar-refractivity contribution in [1.82, 2.24) is 14.5 Å². The lowest BCUT2D eigenvalue weighted by Crippen LogP contribution is -2.23. The highest BCUT2D eigenvalue weighted by atomic mass is 32.2. The van der Waals surface area contributed by atoms with Crippen molar-refractivity contribution < 1.29 is 17.9 Å². The third-order valence-corrected chi connectivity index (χ3v) is 5.33.